The second-order valence-corrected chi connectivity index (χ2v) is 4.84. The number of hydrogen-bond acceptors (Lipinski definition) is 5. The van der Waals surface area contributed by atoms with Gasteiger partial charge in [-0.05, 0) is 19.1 Å². The molecule has 1 aromatic carbocycles. The summed E-state index contributed by atoms with van der Waals surface area (Å²) in [7, 11) is 1.25. The Morgan fingerprint density at radius 3 is 2.82 bits per heavy atom. The lowest BCUT2D eigenvalue weighted by molar-refractivity contribution is -0.144. The summed E-state index contributed by atoms with van der Waals surface area (Å²) in [5.74, 6) is -0.859. The highest BCUT2D eigenvalue weighted by Crippen LogP contribution is 2.06. The molecule has 1 unspecified atom stereocenters. The van der Waals surface area contributed by atoms with E-state index >= 15 is 0 Å². The highest BCUT2D eigenvalue weighted by Gasteiger charge is 2.16. The number of methoxy groups -OCH3 is 1. The van der Waals surface area contributed by atoms with E-state index in [1.807, 2.05) is 6.07 Å². The van der Waals surface area contributed by atoms with Crippen LogP contribution in [0.15, 0.2) is 29.1 Å². The standard InChI is InChI=1S/C15H17N3O4/c1-9(15(21)22-2)16-13(19)8-7-12-14(20)18-11-6-4-3-5-10(11)17-12/h3-6,9H,7-8H2,1-2H3,(H,16,19)(H,18,20). The first-order valence-electron chi connectivity index (χ1n) is 6.86. The number of hydrogen-bond donors (Lipinski definition) is 2. The monoisotopic (exact) mass is 303 g/mol. The second kappa shape index (κ2) is 6.84. The number of aryl methyl sites for hydroxylation is 1. The lowest BCUT2D eigenvalue weighted by atomic mass is 10.2. The fourth-order valence-electron chi connectivity index (χ4n) is 2.02. The van der Waals surface area contributed by atoms with Crippen LogP contribution in [-0.2, 0) is 20.7 Å². The molecular weight excluding hydrogens is 286 g/mol. The highest BCUT2D eigenvalue weighted by molar-refractivity contribution is 5.84. The third kappa shape index (κ3) is 3.69. The Labute approximate surface area is 126 Å². The number of esters is 1. The molecule has 0 aliphatic carbocycles. The molecule has 0 aliphatic rings. The van der Waals surface area contributed by atoms with Crippen molar-refractivity contribution in [1.82, 2.24) is 15.3 Å². The van der Waals surface area contributed by atoms with E-state index in [0.29, 0.717) is 16.7 Å². The van der Waals surface area contributed by atoms with E-state index in [-0.39, 0.29) is 24.3 Å². The van der Waals surface area contributed by atoms with Crippen molar-refractivity contribution in [2.75, 3.05) is 7.11 Å². The number of nitrogens with zero attached hydrogens (tertiary/aromatic N) is 1. The molecule has 1 atom stereocenters. The van der Waals surface area contributed by atoms with E-state index in [2.05, 4.69) is 20.0 Å². The lowest BCUT2D eigenvalue weighted by Crippen LogP contribution is -2.39. The summed E-state index contributed by atoms with van der Waals surface area (Å²) < 4.78 is 4.52. The minimum atomic E-state index is -0.722. The first kappa shape index (κ1) is 15.7. The largest absolute Gasteiger partial charge is 0.467 e. The normalized spacial score (nSPS) is 11.9. The molecule has 2 rings (SSSR count). The van der Waals surface area contributed by atoms with Gasteiger partial charge in [0.05, 0.1) is 18.1 Å². The summed E-state index contributed by atoms with van der Waals surface area (Å²) in [5.41, 5.74) is 1.30. The summed E-state index contributed by atoms with van der Waals surface area (Å²) >= 11 is 0. The smallest absolute Gasteiger partial charge is 0.328 e. The number of fused-ring (bicyclic) bond motifs is 1. The molecule has 1 amide bonds. The van der Waals surface area contributed by atoms with E-state index in [9.17, 15) is 14.4 Å². The molecule has 2 aromatic rings. The van der Waals surface area contributed by atoms with E-state index in [4.69, 9.17) is 0 Å². The molecule has 2 N–H and O–H groups in total. The maximum atomic E-state index is 11.9. The maximum absolute atomic E-state index is 11.9. The molecule has 0 aliphatic heterocycles. The zero-order chi connectivity index (χ0) is 16.1. The molecule has 1 heterocycles. The average Bonchev–Trinajstić information content (AvgIpc) is 2.51. The van der Waals surface area contributed by atoms with Crippen LogP contribution >= 0.6 is 0 Å². The first-order valence-corrected chi connectivity index (χ1v) is 6.86. The van der Waals surface area contributed by atoms with E-state index in [0.717, 1.165) is 0 Å². The van der Waals surface area contributed by atoms with Crippen molar-refractivity contribution in [1.29, 1.82) is 0 Å². The van der Waals surface area contributed by atoms with Crippen LogP contribution < -0.4 is 10.9 Å². The number of amides is 1. The van der Waals surface area contributed by atoms with Gasteiger partial charge in [-0.25, -0.2) is 9.78 Å². The van der Waals surface area contributed by atoms with Gasteiger partial charge in [-0.3, -0.25) is 9.59 Å². The van der Waals surface area contributed by atoms with Crippen LogP contribution in [0.2, 0.25) is 0 Å². The molecule has 0 spiro atoms. The van der Waals surface area contributed by atoms with Gasteiger partial charge in [0.25, 0.3) is 5.56 Å². The number of nitrogens with one attached hydrogen (secondary N) is 2. The predicted molar refractivity (Wildman–Crippen MR) is 80.3 cm³/mol. The number of aromatic amines is 1. The Morgan fingerprint density at radius 2 is 2.09 bits per heavy atom. The fraction of sp³-hybridized carbons (Fsp3) is 0.333. The van der Waals surface area contributed by atoms with Gasteiger partial charge in [0.2, 0.25) is 5.91 Å². The zero-order valence-corrected chi connectivity index (χ0v) is 12.4. The van der Waals surface area contributed by atoms with Crippen molar-refractivity contribution in [2.24, 2.45) is 0 Å². The van der Waals surface area contributed by atoms with Gasteiger partial charge in [-0.15, -0.1) is 0 Å². The molecule has 22 heavy (non-hydrogen) atoms. The quantitative estimate of drug-likeness (QED) is 0.785. The number of para-hydroxylation sites is 2. The topological polar surface area (TPSA) is 101 Å². The van der Waals surface area contributed by atoms with Crippen LogP contribution in [0.1, 0.15) is 19.0 Å². The minimum Gasteiger partial charge on any atom is -0.467 e. The number of benzene rings is 1. The van der Waals surface area contributed by atoms with Gasteiger partial charge in [0.15, 0.2) is 0 Å². The van der Waals surface area contributed by atoms with Gasteiger partial charge in [-0.2, -0.15) is 0 Å². The van der Waals surface area contributed by atoms with Crippen molar-refractivity contribution in [3.63, 3.8) is 0 Å². The Hall–Kier alpha value is -2.70. The van der Waals surface area contributed by atoms with Gasteiger partial charge in [0.1, 0.15) is 11.7 Å². The lowest BCUT2D eigenvalue weighted by Gasteiger charge is -2.11. The van der Waals surface area contributed by atoms with Crippen LogP contribution in [0, 0.1) is 0 Å². The molecule has 7 nitrogen and oxygen atoms in total. The molecule has 7 heteroatoms. The van der Waals surface area contributed by atoms with Crippen LogP contribution in [0.5, 0.6) is 0 Å². The molecule has 116 valence electrons. The highest BCUT2D eigenvalue weighted by atomic mass is 16.5. The van der Waals surface area contributed by atoms with E-state index < -0.39 is 12.0 Å². The summed E-state index contributed by atoms with van der Waals surface area (Å²) in [6.45, 7) is 1.53. The first-order chi connectivity index (χ1) is 10.5. The maximum Gasteiger partial charge on any atom is 0.328 e. The molecule has 1 aromatic heterocycles. The van der Waals surface area contributed by atoms with Crippen molar-refractivity contribution < 1.29 is 14.3 Å². The molecule has 0 saturated carbocycles. The number of aromatic nitrogens is 2. The van der Waals surface area contributed by atoms with E-state index in [1.165, 1.54) is 14.0 Å². The van der Waals surface area contributed by atoms with Gasteiger partial charge in [-0.1, -0.05) is 12.1 Å². The summed E-state index contributed by atoms with van der Waals surface area (Å²) in [5, 5.41) is 2.50. The van der Waals surface area contributed by atoms with Gasteiger partial charge >= 0.3 is 5.97 Å². The molecule has 0 bridgehead atoms. The predicted octanol–water partition coefficient (Wildman–Crippen LogP) is 0.533. The van der Waals surface area contributed by atoms with Gasteiger partial charge < -0.3 is 15.0 Å². The Morgan fingerprint density at radius 1 is 1.36 bits per heavy atom. The van der Waals surface area contributed by atoms with Crippen molar-refractivity contribution in [3.8, 4) is 0 Å². The zero-order valence-electron chi connectivity index (χ0n) is 12.4. The third-order valence-corrected chi connectivity index (χ3v) is 3.19. The average molecular weight is 303 g/mol. The summed E-state index contributed by atoms with van der Waals surface area (Å²) in [6, 6.07) is 6.45. The van der Waals surface area contributed by atoms with Crippen LogP contribution in [-0.4, -0.2) is 35.0 Å². The van der Waals surface area contributed by atoms with Crippen LogP contribution in [0.25, 0.3) is 11.0 Å². The molecule has 0 saturated heterocycles. The number of rotatable bonds is 5. The SMILES string of the molecule is COC(=O)C(C)NC(=O)CCc1nc2ccccc2[nH]c1=O. The van der Waals surface area contributed by atoms with Crippen molar-refractivity contribution >= 4 is 22.9 Å². The number of carbonyl (C=O) groups is 2. The Kier molecular flexibility index (Phi) is 4.88. The summed E-state index contributed by atoms with van der Waals surface area (Å²) in [6.07, 6.45) is 0.260. The van der Waals surface area contributed by atoms with Crippen LogP contribution in [0.3, 0.4) is 0 Å². The number of carbonyl (C=O) groups excluding carboxylic acids is 2. The minimum absolute atomic E-state index is 0.0652. The summed E-state index contributed by atoms with van der Waals surface area (Å²) in [4.78, 5) is 41.9. The van der Waals surface area contributed by atoms with Crippen molar-refractivity contribution in [3.05, 3.63) is 40.3 Å². The van der Waals surface area contributed by atoms with Crippen molar-refractivity contribution in [2.45, 2.75) is 25.8 Å². The number of ether oxygens (including phenoxy) is 1. The second-order valence-electron chi connectivity index (χ2n) is 4.84. The molecular formula is C15H17N3O4. The van der Waals surface area contributed by atoms with E-state index in [1.54, 1.807) is 18.2 Å². The molecule has 0 radical (unpaired) electrons. The van der Waals surface area contributed by atoms with Gasteiger partial charge in [0, 0.05) is 12.8 Å². The third-order valence-electron chi connectivity index (χ3n) is 3.19. The fourth-order valence-corrected chi connectivity index (χ4v) is 2.02. The Bertz CT molecular complexity index is 754. The van der Waals surface area contributed by atoms with Crippen LogP contribution in [0.4, 0.5) is 0 Å². The molecule has 0 fully saturated rings. The number of H-pyrrole nitrogens is 1. The Balaban J connectivity index is 2.02.